The molecule has 0 spiro atoms. The van der Waals surface area contributed by atoms with Crippen molar-refractivity contribution < 1.29 is 4.79 Å². The number of pyridine rings is 1. The number of piperidine rings is 1. The number of hydrogen-bond acceptors (Lipinski definition) is 4. The Labute approximate surface area is 177 Å². The number of nitrogens with one attached hydrogen (secondary N) is 1. The minimum Gasteiger partial charge on any atom is -0.350 e. The highest BCUT2D eigenvalue weighted by Gasteiger charge is 2.29. The van der Waals surface area contributed by atoms with Crippen LogP contribution in [0.4, 0.5) is 0 Å². The topological polar surface area (TPSA) is 63.1 Å². The normalized spacial score (nSPS) is 15.1. The summed E-state index contributed by atoms with van der Waals surface area (Å²) in [4.78, 5) is 19.9. The maximum atomic E-state index is 13.2. The summed E-state index contributed by atoms with van der Waals surface area (Å²) < 4.78 is 1.76. The van der Waals surface area contributed by atoms with E-state index in [0.717, 1.165) is 24.3 Å². The standard InChI is InChI=1S/C24H29N5O/c1-24(2,28-14-7-4-8-15-28)18-26-23(30)21-17-29(20-11-5-3-6-12-20)27-22(21)19-10-9-13-25-16-19/h3,5-6,9-13,16-17H,4,7-8,14-15,18H2,1-2H3,(H,26,30). The van der Waals surface area contributed by atoms with Gasteiger partial charge in [0.05, 0.1) is 11.3 Å². The van der Waals surface area contributed by atoms with Gasteiger partial charge in [-0.1, -0.05) is 24.6 Å². The lowest BCUT2D eigenvalue weighted by molar-refractivity contribution is 0.0798. The highest BCUT2D eigenvalue weighted by molar-refractivity contribution is 5.99. The van der Waals surface area contributed by atoms with Gasteiger partial charge in [0.15, 0.2) is 0 Å². The van der Waals surface area contributed by atoms with Crippen LogP contribution in [0.25, 0.3) is 16.9 Å². The van der Waals surface area contributed by atoms with Crippen LogP contribution in [0.2, 0.25) is 0 Å². The second kappa shape index (κ2) is 8.79. The van der Waals surface area contributed by atoms with Crippen molar-refractivity contribution in [2.45, 2.75) is 38.6 Å². The van der Waals surface area contributed by atoms with E-state index in [2.05, 4.69) is 29.0 Å². The van der Waals surface area contributed by atoms with Crippen molar-refractivity contribution in [3.8, 4) is 16.9 Å². The number of aromatic nitrogens is 3. The number of likely N-dealkylation sites (tertiary alicyclic amines) is 1. The molecule has 0 bridgehead atoms. The van der Waals surface area contributed by atoms with Gasteiger partial charge in [-0.15, -0.1) is 0 Å². The number of carbonyl (C=O) groups excluding carboxylic acids is 1. The summed E-state index contributed by atoms with van der Waals surface area (Å²) in [6, 6.07) is 13.6. The van der Waals surface area contributed by atoms with Crippen molar-refractivity contribution >= 4 is 5.91 Å². The summed E-state index contributed by atoms with van der Waals surface area (Å²) in [6.07, 6.45) is 9.02. The summed E-state index contributed by atoms with van der Waals surface area (Å²) >= 11 is 0. The zero-order chi connectivity index (χ0) is 21.0. The minimum atomic E-state index is -0.110. The lowest BCUT2D eigenvalue weighted by atomic mass is 9.98. The molecule has 2 aromatic heterocycles. The molecule has 156 valence electrons. The molecular weight excluding hydrogens is 374 g/mol. The summed E-state index contributed by atoms with van der Waals surface area (Å²) in [6.45, 7) is 7.18. The van der Waals surface area contributed by atoms with Crippen molar-refractivity contribution in [1.29, 1.82) is 0 Å². The predicted octanol–water partition coefficient (Wildman–Crippen LogP) is 3.93. The molecular formula is C24H29N5O. The van der Waals surface area contributed by atoms with Gasteiger partial charge in [0, 0.05) is 36.2 Å². The van der Waals surface area contributed by atoms with E-state index >= 15 is 0 Å². The van der Waals surface area contributed by atoms with Gasteiger partial charge in [-0.05, 0) is 64.0 Å². The van der Waals surface area contributed by atoms with E-state index in [9.17, 15) is 4.79 Å². The fourth-order valence-corrected chi connectivity index (χ4v) is 3.97. The van der Waals surface area contributed by atoms with Crippen LogP contribution < -0.4 is 5.32 Å². The third kappa shape index (κ3) is 4.44. The van der Waals surface area contributed by atoms with Gasteiger partial charge < -0.3 is 5.32 Å². The Hall–Kier alpha value is -2.99. The first-order chi connectivity index (χ1) is 14.5. The summed E-state index contributed by atoms with van der Waals surface area (Å²) in [5, 5.41) is 7.87. The molecule has 1 aliphatic heterocycles. The smallest absolute Gasteiger partial charge is 0.255 e. The molecule has 1 fully saturated rings. The Kier molecular flexibility index (Phi) is 5.95. The van der Waals surface area contributed by atoms with E-state index < -0.39 is 0 Å². The Morgan fingerprint density at radius 2 is 1.83 bits per heavy atom. The second-order valence-corrected chi connectivity index (χ2v) is 8.46. The monoisotopic (exact) mass is 403 g/mol. The van der Waals surface area contributed by atoms with Crippen molar-refractivity contribution in [3.05, 3.63) is 66.6 Å². The van der Waals surface area contributed by atoms with Gasteiger partial charge in [0.1, 0.15) is 5.69 Å². The molecule has 4 rings (SSSR count). The van der Waals surface area contributed by atoms with E-state index in [1.54, 1.807) is 23.3 Å². The summed E-state index contributed by atoms with van der Waals surface area (Å²) in [5.41, 5.74) is 2.85. The molecule has 6 nitrogen and oxygen atoms in total. The maximum absolute atomic E-state index is 13.2. The molecule has 0 saturated carbocycles. The number of hydrogen-bond donors (Lipinski definition) is 1. The summed E-state index contributed by atoms with van der Waals surface area (Å²) in [5.74, 6) is -0.110. The number of para-hydroxylation sites is 1. The molecule has 0 radical (unpaired) electrons. The number of rotatable bonds is 6. The van der Waals surface area contributed by atoms with Crippen LogP contribution in [0.1, 0.15) is 43.5 Å². The Bertz CT molecular complexity index is 975. The quantitative estimate of drug-likeness (QED) is 0.677. The predicted molar refractivity (Wildman–Crippen MR) is 119 cm³/mol. The average Bonchev–Trinajstić information content (AvgIpc) is 3.25. The molecule has 1 saturated heterocycles. The molecule has 3 aromatic rings. The van der Waals surface area contributed by atoms with Gasteiger partial charge >= 0.3 is 0 Å². The van der Waals surface area contributed by atoms with Crippen LogP contribution in [-0.4, -0.2) is 50.7 Å². The largest absolute Gasteiger partial charge is 0.350 e. The Morgan fingerprint density at radius 3 is 2.53 bits per heavy atom. The highest BCUT2D eigenvalue weighted by Crippen LogP contribution is 2.24. The second-order valence-electron chi connectivity index (χ2n) is 8.46. The van der Waals surface area contributed by atoms with E-state index in [4.69, 9.17) is 5.10 Å². The average molecular weight is 404 g/mol. The fourth-order valence-electron chi connectivity index (χ4n) is 3.97. The van der Waals surface area contributed by atoms with Crippen LogP contribution in [0.15, 0.2) is 61.1 Å². The van der Waals surface area contributed by atoms with Gasteiger partial charge in [-0.2, -0.15) is 5.10 Å². The molecule has 0 aliphatic carbocycles. The summed E-state index contributed by atoms with van der Waals surface area (Å²) in [7, 11) is 0. The highest BCUT2D eigenvalue weighted by atomic mass is 16.1. The zero-order valence-electron chi connectivity index (χ0n) is 17.7. The van der Waals surface area contributed by atoms with Crippen LogP contribution in [0, 0.1) is 0 Å². The first-order valence-corrected chi connectivity index (χ1v) is 10.6. The van der Waals surface area contributed by atoms with Crippen LogP contribution in [0.3, 0.4) is 0 Å². The van der Waals surface area contributed by atoms with Crippen molar-refractivity contribution in [2.24, 2.45) is 0 Å². The number of nitrogens with zero attached hydrogens (tertiary/aromatic N) is 4. The number of benzene rings is 1. The van der Waals surface area contributed by atoms with Crippen LogP contribution in [0.5, 0.6) is 0 Å². The molecule has 30 heavy (non-hydrogen) atoms. The fraction of sp³-hybridized carbons (Fsp3) is 0.375. The zero-order valence-corrected chi connectivity index (χ0v) is 17.7. The molecule has 1 aliphatic rings. The first kappa shape index (κ1) is 20.3. The Balaban J connectivity index is 1.58. The third-order valence-corrected chi connectivity index (χ3v) is 5.81. The lowest BCUT2D eigenvalue weighted by Gasteiger charge is -2.41. The third-order valence-electron chi connectivity index (χ3n) is 5.81. The number of amides is 1. The maximum Gasteiger partial charge on any atom is 0.255 e. The van der Waals surface area contributed by atoms with Crippen LogP contribution >= 0.6 is 0 Å². The van der Waals surface area contributed by atoms with Crippen molar-refractivity contribution in [2.75, 3.05) is 19.6 Å². The molecule has 1 aromatic carbocycles. The first-order valence-electron chi connectivity index (χ1n) is 10.6. The van der Waals surface area contributed by atoms with Gasteiger partial charge in [0.2, 0.25) is 0 Å². The van der Waals surface area contributed by atoms with E-state index in [1.807, 2.05) is 42.5 Å². The Morgan fingerprint density at radius 1 is 1.07 bits per heavy atom. The molecule has 1 N–H and O–H groups in total. The van der Waals surface area contributed by atoms with Crippen molar-refractivity contribution in [1.82, 2.24) is 25.0 Å². The van der Waals surface area contributed by atoms with Gasteiger partial charge in [-0.3, -0.25) is 14.7 Å². The molecule has 0 atom stereocenters. The minimum absolute atomic E-state index is 0.0834. The van der Waals surface area contributed by atoms with Gasteiger partial charge in [-0.25, -0.2) is 4.68 Å². The van der Waals surface area contributed by atoms with E-state index in [-0.39, 0.29) is 11.4 Å². The SMILES string of the molecule is CC(C)(CNC(=O)c1cn(-c2ccccc2)nc1-c1cccnc1)N1CCCCC1. The van der Waals surface area contributed by atoms with E-state index in [1.165, 1.54) is 19.3 Å². The lowest BCUT2D eigenvalue weighted by Crippen LogP contribution is -2.53. The van der Waals surface area contributed by atoms with Crippen molar-refractivity contribution in [3.63, 3.8) is 0 Å². The van der Waals surface area contributed by atoms with Crippen LogP contribution in [-0.2, 0) is 0 Å². The molecule has 0 unspecified atom stereocenters. The van der Waals surface area contributed by atoms with E-state index in [0.29, 0.717) is 17.8 Å². The van der Waals surface area contributed by atoms with Gasteiger partial charge in [0.25, 0.3) is 5.91 Å². The molecule has 1 amide bonds. The molecule has 6 heteroatoms. The number of carbonyl (C=O) groups is 1. The molecule has 3 heterocycles.